The monoisotopic (exact) mass is 207 g/mol. The molecule has 2 rings (SSSR count). The Kier molecular flexibility index (Phi) is 2.19. The van der Waals surface area contributed by atoms with Gasteiger partial charge in [0.2, 0.25) is 5.76 Å². The average Bonchev–Trinajstić information content (AvgIpc) is 2.53. The summed E-state index contributed by atoms with van der Waals surface area (Å²) < 4.78 is 10.2. The number of hydrogen-bond acceptors (Lipinski definition) is 3. The summed E-state index contributed by atoms with van der Waals surface area (Å²) in [6.07, 6.45) is 0.272. The van der Waals surface area contributed by atoms with Crippen molar-refractivity contribution in [3.05, 3.63) is 29.0 Å². The molecule has 1 aromatic rings. The van der Waals surface area contributed by atoms with Crippen LogP contribution in [0.15, 0.2) is 17.9 Å². The minimum absolute atomic E-state index is 0.125. The molecule has 1 N–H and O–H groups in total. The van der Waals surface area contributed by atoms with E-state index in [0.717, 1.165) is 5.56 Å². The molecule has 4 nitrogen and oxygen atoms in total. The van der Waals surface area contributed by atoms with Crippen LogP contribution >= 0.6 is 0 Å². The van der Waals surface area contributed by atoms with Crippen molar-refractivity contribution in [1.82, 2.24) is 0 Å². The van der Waals surface area contributed by atoms with Crippen LogP contribution in [0.2, 0.25) is 0 Å². The van der Waals surface area contributed by atoms with Crippen LogP contribution in [-0.2, 0) is 11.5 Å². The van der Waals surface area contributed by atoms with Crippen LogP contribution in [0.3, 0.4) is 0 Å². The third-order valence-corrected chi connectivity index (χ3v) is 2.47. The zero-order chi connectivity index (χ0) is 11.0. The smallest absolute Gasteiger partial charge is 0.223 e. The Labute approximate surface area is 87.4 Å². The maximum absolute atomic E-state index is 11.5. The van der Waals surface area contributed by atoms with Crippen LogP contribution in [0, 0.1) is 0 Å². The minimum Gasteiger partial charge on any atom is -0.508 e. The van der Waals surface area contributed by atoms with E-state index in [-0.39, 0.29) is 17.9 Å². The molecule has 0 heterocycles. The van der Waals surface area contributed by atoms with E-state index < -0.39 is 0 Å². The van der Waals surface area contributed by atoms with Crippen LogP contribution < -0.4 is 9.47 Å². The SMILES string of the molecule is COc1cc2c(cc1OC)C([O])=C(O)C2. The van der Waals surface area contributed by atoms with Crippen molar-refractivity contribution in [2.45, 2.75) is 6.42 Å². The van der Waals surface area contributed by atoms with E-state index in [4.69, 9.17) is 9.47 Å². The number of methoxy groups -OCH3 is 2. The summed E-state index contributed by atoms with van der Waals surface area (Å²) in [6, 6.07) is 3.31. The molecule has 0 aromatic heterocycles. The van der Waals surface area contributed by atoms with Gasteiger partial charge in [0.15, 0.2) is 11.5 Å². The zero-order valence-electron chi connectivity index (χ0n) is 8.53. The summed E-state index contributed by atoms with van der Waals surface area (Å²) in [7, 11) is 3.04. The second-order valence-electron chi connectivity index (χ2n) is 3.32. The summed E-state index contributed by atoms with van der Waals surface area (Å²) in [5.41, 5.74) is 1.26. The number of benzene rings is 1. The van der Waals surface area contributed by atoms with E-state index in [0.29, 0.717) is 17.1 Å². The van der Waals surface area contributed by atoms with E-state index in [9.17, 15) is 10.2 Å². The molecule has 0 spiro atoms. The molecule has 1 aliphatic carbocycles. The third kappa shape index (κ3) is 1.38. The van der Waals surface area contributed by atoms with Crippen molar-refractivity contribution < 1.29 is 19.7 Å². The lowest BCUT2D eigenvalue weighted by atomic mass is 10.1. The fourth-order valence-electron chi connectivity index (χ4n) is 1.69. The fourth-order valence-corrected chi connectivity index (χ4v) is 1.69. The number of rotatable bonds is 2. The lowest BCUT2D eigenvalue weighted by Crippen LogP contribution is -1.94. The highest BCUT2D eigenvalue weighted by molar-refractivity contribution is 5.72. The van der Waals surface area contributed by atoms with Gasteiger partial charge in [-0.1, -0.05) is 0 Å². The zero-order valence-corrected chi connectivity index (χ0v) is 8.53. The van der Waals surface area contributed by atoms with Crippen LogP contribution in [0.25, 0.3) is 5.76 Å². The van der Waals surface area contributed by atoms with Gasteiger partial charge in [0.25, 0.3) is 0 Å². The van der Waals surface area contributed by atoms with Gasteiger partial charge in [0.1, 0.15) is 5.76 Å². The van der Waals surface area contributed by atoms with Gasteiger partial charge in [-0.15, -0.1) is 0 Å². The predicted octanol–water partition coefficient (Wildman–Crippen LogP) is 1.92. The van der Waals surface area contributed by atoms with Crippen LogP contribution in [-0.4, -0.2) is 19.3 Å². The maximum atomic E-state index is 11.5. The highest BCUT2D eigenvalue weighted by Gasteiger charge is 2.25. The predicted molar refractivity (Wildman–Crippen MR) is 53.5 cm³/mol. The highest BCUT2D eigenvalue weighted by atomic mass is 16.5. The standard InChI is InChI=1S/C11H11O4/c1-14-9-4-6-3-8(12)11(13)7(6)5-10(9)15-2/h4-5,12H,3H2,1-2H3. The quantitative estimate of drug-likeness (QED) is 0.805. The van der Waals surface area contributed by atoms with Crippen molar-refractivity contribution in [3.8, 4) is 11.5 Å². The van der Waals surface area contributed by atoms with Crippen molar-refractivity contribution >= 4 is 5.76 Å². The van der Waals surface area contributed by atoms with Crippen molar-refractivity contribution in [1.29, 1.82) is 0 Å². The summed E-state index contributed by atoms with van der Waals surface area (Å²) in [4.78, 5) is 0. The molecule has 1 aromatic carbocycles. The van der Waals surface area contributed by atoms with Gasteiger partial charge >= 0.3 is 0 Å². The second-order valence-corrected chi connectivity index (χ2v) is 3.32. The summed E-state index contributed by atoms with van der Waals surface area (Å²) in [6.45, 7) is 0. The molecule has 1 radical (unpaired) electrons. The summed E-state index contributed by atoms with van der Waals surface area (Å²) in [5.74, 6) is 0.615. The number of ether oxygens (including phenoxy) is 2. The number of aliphatic hydroxyl groups excluding tert-OH is 1. The van der Waals surface area contributed by atoms with Gasteiger partial charge in [0, 0.05) is 12.0 Å². The van der Waals surface area contributed by atoms with E-state index in [1.165, 1.54) is 14.2 Å². The molecule has 0 atom stereocenters. The molecule has 0 unspecified atom stereocenters. The van der Waals surface area contributed by atoms with Crippen molar-refractivity contribution in [2.24, 2.45) is 0 Å². The topological polar surface area (TPSA) is 58.6 Å². The summed E-state index contributed by atoms with van der Waals surface area (Å²) >= 11 is 0. The molecule has 4 heteroatoms. The first-order valence-corrected chi connectivity index (χ1v) is 4.51. The highest BCUT2D eigenvalue weighted by Crippen LogP contribution is 2.38. The summed E-state index contributed by atoms with van der Waals surface area (Å²) in [5, 5.41) is 20.8. The Morgan fingerprint density at radius 2 is 1.80 bits per heavy atom. The number of aliphatic hydroxyl groups is 1. The molecule has 79 valence electrons. The van der Waals surface area contributed by atoms with Crippen LogP contribution in [0.4, 0.5) is 0 Å². The molecule has 0 bridgehead atoms. The number of fused-ring (bicyclic) bond motifs is 1. The average molecular weight is 207 g/mol. The molecule has 0 fully saturated rings. The maximum Gasteiger partial charge on any atom is 0.223 e. The van der Waals surface area contributed by atoms with Gasteiger partial charge in [-0.05, 0) is 17.7 Å². The largest absolute Gasteiger partial charge is 0.508 e. The molecule has 1 aliphatic rings. The van der Waals surface area contributed by atoms with Gasteiger partial charge in [0.05, 0.1) is 14.2 Å². The molecule has 15 heavy (non-hydrogen) atoms. The molecule has 0 aliphatic heterocycles. The van der Waals surface area contributed by atoms with Crippen molar-refractivity contribution in [2.75, 3.05) is 14.2 Å². The third-order valence-electron chi connectivity index (χ3n) is 2.47. The lowest BCUT2D eigenvalue weighted by Gasteiger charge is -2.09. The van der Waals surface area contributed by atoms with Crippen molar-refractivity contribution in [3.63, 3.8) is 0 Å². The van der Waals surface area contributed by atoms with E-state index >= 15 is 0 Å². The van der Waals surface area contributed by atoms with Crippen LogP contribution in [0.1, 0.15) is 11.1 Å². The molecular formula is C11H11O4. The van der Waals surface area contributed by atoms with E-state index in [2.05, 4.69) is 0 Å². The van der Waals surface area contributed by atoms with Gasteiger partial charge in [-0.3, -0.25) is 5.11 Å². The van der Waals surface area contributed by atoms with E-state index in [1.54, 1.807) is 12.1 Å². The Bertz CT molecular complexity index is 434. The Hall–Kier alpha value is -1.84. The Balaban J connectivity index is 2.55. The lowest BCUT2D eigenvalue weighted by molar-refractivity contribution is 0.335. The first-order valence-electron chi connectivity index (χ1n) is 4.51. The second kappa shape index (κ2) is 3.38. The normalized spacial score (nSPS) is 14.0. The van der Waals surface area contributed by atoms with Gasteiger partial charge < -0.3 is 14.6 Å². The number of allylic oxidation sites excluding steroid dienone is 1. The Morgan fingerprint density at radius 1 is 1.20 bits per heavy atom. The number of hydrogen-bond donors (Lipinski definition) is 1. The first-order chi connectivity index (χ1) is 7.17. The molecule has 0 amide bonds. The molecule has 0 saturated carbocycles. The Morgan fingerprint density at radius 3 is 2.40 bits per heavy atom. The van der Waals surface area contributed by atoms with Gasteiger partial charge in [-0.2, -0.15) is 0 Å². The van der Waals surface area contributed by atoms with Gasteiger partial charge in [-0.25, -0.2) is 0 Å². The molecular weight excluding hydrogens is 196 g/mol. The minimum atomic E-state index is -0.328. The first kappa shape index (κ1) is 9.71. The molecule has 0 saturated heterocycles. The fraction of sp³-hybridized carbons (Fsp3) is 0.273. The van der Waals surface area contributed by atoms with E-state index in [1.807, 2.05) is 0 Å². The van der Waals surface area contributed by atoms with Crippen LogP contribution in [0.5, 0.6) is 11.5 Å².